The van der Waals surface area contributed by atoms with Crippen LogP contribution in [0, 0.1) is 0 Å². The maximum atomic E-state index is 11.2. The van der Waals surface area contributed by atoms with Crippen LogP contribution < -0.4 is 0 Å². The second-order valence-corrected chi connectivity index (χ2v) is 2.98. The van der Waals surface area contributed by atoms with E-state index in [-0.39, 0.29) is 0 Å². The van der Waals surface area contributed by atoms with Crippen molar-refractivity contribution in [3.63, 3.8) is 0 Å². The fraction of sp³-hybridized carbons (Fsp3) is 0.500. The lowest BCUT2D eigenvalue weighted by atomic mass is 11.5. The molecule has 10 heavy (non-hydrogen) atoms. The van der Waals surface area contributed by atoms with Crippen LogP contribution in [0.1, 0.15) is 0 Å². The number of rotatable bonds is 1. The van der Waals surface area contributed by atoms with E-state index in [1.165, 1.54) is 0 Å². The third-order valence-electron chi connectivity index (χ3n) is 0.509. The van der Waals surface area contributed by atoms with Gasteiger partial charge in [0.2, 0.25) is 0 Å². The predicted octanol–water partition coefficient (Wildman–Crippen LogP) is 0.179. The Balaban J connectivity index is 4.97. The number of sulfone groups is 1. The predicted molar refractivity (Wildman–Crippen MR) is 24.7 cm³/mol. The molecule has 0 aliphatic heterocycles. The molecule has 0 saturated heterocycles. The monoisotopic (exact) mass is 174 g/mol. The van der Waals surface area contributed by atoms with Crippen molar-refractivity contribution in [2.45, 2.75) is 5.51 Å². The van der Waals surface area contributed by atoms with E-state index in [0.717, 1.165) is 0 Å². The van der Waals surface area contributed by atoms with Gasteiger partial charge in [-0.05, 0) is 0 Å². The van der Waals surface area contributed by atoms with Crippen molar-refractivity contribution in [2.75, 3.05) is 0 Å². The number of nitrogens with zero attached hydrogens (tertiary/aromatic N) is 2. The molecule has 0 saturated carbocycles. The highest BCUT2D eigenvalue weighted by molar-refractivity contribution is 8.04. The van der Waals surface area contributed by atoms with Crippen molar-refractivity contribution in [3.05, 3.63) is 5.53 Å². The topological polar surface area (TPSA) is 70.5 Å². The van der Waals surface area contributed by atoms with Gasteiger partial charge in [0.15, 0.2) is 0 Å². The molecule has 0 unspecified atom stereocenters. The van der Waals surface area contributed by atoms with Crippen LogP contribution in [0.3, 0.4) is 0 Å². The first-order valence-corrected chi connectivity index (χ1v) is 3.34. The van der Waals surface area contributed by atoms with Gasteiger partial charge in [0, 0.05) is 0 Å². The molecule has 0 heterocycles. The maximum Gasteiger partial charge on any atom is 0.508 e. The molecule has 0 aromatic carbocycles. The maximum absolute atomic E-state index is 11.2. The van der Waals surface area contributed by atoms with E-state index in [0.29, 0.717) is 0 Å². The summed E-state index contributed by atoms with van der Waals surface area (Å²) in [7, 11) is -5.39. The molecule has 0 atom stereocenters. The van der Waals surface area contributed by atoms with Gasteiger partial charge in [-0.2, -0.15) is 18.0 Å². The largest absolute Gasteiger partial charge is 0.508 e. The molecule has 58 valence electrons. The Bertz CT molecular complexity index is 259. The quantitative estimate of drug-likeness (QED) is 0.246. The third-order valence-corrected chi connectivity index (χ3v) is 1.53. The normalized spacial score (nSPS) is 12.3. The highest BCUT2D eigenvalue weighted by Crippen LogP contribution is 2.21. The van der Waals surface area contributed by atoms with Crippen molar-refractivity contribution >= 4 is 15.4 Å². The lowest BCUT2D eigenvalue weighted by Crippen LogP contribution is -2.24. The molecule has 0 bridgehead atoms. The molecular weight excluding hydrogens is 173 g/mol. The van der Waals surface area contributed by atoms with Gasteiger partial charge >= 0.3 is 20.9 Å². The van der Waals surface area contributed by atoms with Gasteiger partial charge < -0.3 is 5.53 Å². The van der Waals surface area contributed by atoms with Gasteiger partial charge in [-0.15, -0.1) is 0 Å². The third kappa shape index (κ3) is 1.82. The van der Waals surface area contributed by atoms with Crippen molar-refractivity contribution in [3.8, 4) is 0 Å². The Hall–Kier alpha value is -0.880. The summed E-state index contributed by atoms with van der Waals surface area (Å²) < 4.78 is 53.3. The second-order valence-electron chi connectivity index (χ2n) is 1.21. The molecule has 8 heteroatoms. The average molecular weight is 174 g/mol. The van der Waals surface area contributed by atoms with Crippen molar-refractivity contribution in [1.29, 1.82) is 0 Å². The molecule has 0 aliphatic carbocycles. The van der Waals surface area contributed by atoms with E-state index in [4.69, 9.17) is 5.53 Å². The average Bonchev–Trinajstić information content (AvgIpc) is 1.61. The zero-order chi connectivity index (χ0) is 8.41. The van der Waals surface area contributed by atoms with Crippen LogP contribution in [0.4, 0.5) is 13.2 Å². The summed E-state index contributed by atoms with van der Waals surface area (Å²) in [5.41, 5.74) is 1.49. The van der Waals surface area contributed by atoms with Crippen LogP contribution in [0.5, 0.6) is 0 Å². The van der Waals surface area contributed by atoms with Gasteiger partial charge in [-0.1, -0.05) is 0 Å². The molecule has 4 nitrogen and oxygen atoms in total. The molecule has 0 fully saturated rings. The summed E-state index contributed by atoms with van der Waals surface area (Å²) in [6.07, 6.45) is 0. The molecule has 0 radical (unpaired) electrons. The molecule has 0 N–H and O–H groups in total. The smallest absolute Gasteiger partial charge is 0.361 e. The minimum Gasteiger partial charge on any atom is -0.361 e. The molecule has 0 aromatic rings. The molecule has 0 aliphatic rings. The lowest BCUT2D eigenvalue weighted by Gasteiger charge is -1.96. The summed E-state index contributed by atoms with van der Waals surface area (Å²) in [4.78, 5) is 1.74. The fourth-order valence-electron chi connectivity index (χ4n) is 0.122. The van der Waals surface area contributed by atoms with Gasteiger partial charge in [0.1, 0.15) is 0 Å². The minimum atomic E-state index is -5.39. The first-order chi connectivity index (χ1) is 4.31. The van der Waals surface area contributed by atoms with Crippen molar-refractivity contribution in [2.24, 2.45) is 0 Å². The van der Waals surface area contributed by atoms with E-state index in [1.54, 1.807) is 4.79 Å². The van der Waals surface area contributed by atoms with Crippen LogP contribution >= 0.6 is 0 Å². The van der Waals surface area contributed by atoms with E-state index in [1.807, 2.05) is 0 Å². The highest BCUT2D eigenvalue weighted by atomic mass is 32.2. The van der Waals surface area contributed by atoms with Crippen LogP contribution in [0.15, 0.2) is 0 Å². The SMILES string of the molecule is [N-]=[N+]=CS(=O)(=O)C(F)(F)F. The Labute approximate surface area is 53.8 Å². The van der Waals surface area contributed by atoms with Crippen LogP contribution in [0.25, 0.3) is 5.53 Å². The van der Waals surface area contributed by atoms with Crippen LogP contribution in [-0.2, 0) is 9.84 Å². The lowest BCUT2D eigenvalue weighted by molar-refractivity contribution is -0.0442. The fourth-order valence-corrected chi connectivity index (χ4v) is 0.365. The Kier molecular flexibility index (Phi) is 2.18. The number of hydrogen-bond donors (Lipinski definition) is 0. The highest BCUT2D eigenvalue weighted by Gasteiger charge is 2.47. The molecule has 0 amide bonds. The Morgan fingerprint density at radius 1 is 1.40 bits per heavy atom. The summed E-state index contributed by atoms with van der Waals surface area (Å²) in [6.45, 7) is 0. The summed E-state index contributed by atoms with van der Waals surface area (Å²) in [5, 5.41) is 0. The summed E-state index contributed by atoms with van der Waals surface area (Å²) >= 11 is 0. The minimum absolute atomic E-state index is 0.576. The second kappa shape index (κ2) is 2.39. The van der Waals surface area contributed by atoms with Gasteiger partial charge in [0.25, 0.3) is 0 Å². The summed E-state index contributed by atoms with van der Waals surface area (Å²) in [6, 6.07) is 0. The zero-order valence-corrected chi connectivity index (χ0v) is 5.15. The first-order valence-electron chi connectivity index (χ1n) is 1.80. The standard InChI is InChI=1S/C2HF3N2O2S/c3-2(4,5)10(8,9)1-7-6/h1H. The van der Waals surface area contributed by atoms with E-state index < -0.39 is 20.9 Å². The zero-order valence-electron chi connectivity index (χ0n) is 4.33. The van der Waals surface area contributed by atoms with Crippen LogP contribution in [0.2, 0.25) is 0 Å². The Morgan fingerprint density at radius 3 is 1.90 bits per heavy atom. The van der Waals surface area contributed by atoms with E-state index in [2.05, 4.69) is 0 Å². The first kappa shape index (κ1) is 9.12. The van der Waals surface area contributed by atoms with E-state index in [9.17, 15) is 21.6 Å². The molecule has 0 aromatic heterocycles. The summed E-state index contributed by atoms with van der Waals surface area (Å²) in [5.74, 6) is 0. The Morgan fingerprint density at radius 2 is 1.80 bits per heavy atom. The van der Waals surface area contributed by atoms with Gasteiger partial charge in [0.05, 0.1) is 0 Å². The van der Waals surface area contributed by atoms with E-state index >= 15 is 0 Å². The molecular formula is C2HF3N2O2S. The number of hydrogen-bond acceptors (Lipinski definition) is 2. The van der Waals surface area contributed by atoms with Gasteiger partial charge in [-0.3, -0.25) is 0 Å². The van der Waals surface area contributed by atoms with Crippen LogP contribution in [-0.4, -0.2) is 24.3 Å². The van der Waals surface area contributed by atoms with Crippen molar-refractivity contribution in [1.82, 2.24) is 0 Å². The number of alkyl halides is 3. The van der Waals surface area contributed by atoms with Gasteiger partial charge in [-0.25, -0.2) is 8.42 Å². The number of halogens is 3. The van der Waals surface area contributed by atoms with Crippen molar-refractivity contribution < 1.29 is 26.4 Å². The molecule has 0 spiro atoms. The molecule has 0 rings (SSSR count).